The van der Waals surface area contributed by atoms with E-state index in [1.165, 1.54) is 18.4 Å². The van der Waals surface area contributed by atoms with E-state index in [9.17, 15) is 0 Å². The predicted octanol–water partition coefficient (Wildman–Crippen LogP) is 4.05. The minimum Gasteiger partial charge on any atom is -0.400 e. The molecule has 3 rings (SSSR count). The lowest BCUT2D eigenvalue weighted by molar-refractivity contribution is 0.399. The number of hydrogen-bond donors (Lipinski definition) is 5. The minimum atomic E-state index is -0.288. The van der Waals surface area contributed by atoms with Crippen LogP contribution in [0.3, 0.4) is 0 Å². The molecule has 1 aromatic heterocycles. The van der Waals surface area contributed by atoms with Gasteiger partial charge in [-0.25, -0.2) is 0 Å². The van der Waals surface area contributed by atoms with Gasteiger partial charge in [-0.05, 0) is 59.9 Å². The van der Waals surface area contributed by atoms with Crippen molar-refractivity contribution in [3.05, 3.63) is 96.0 Å². The third-order valence-corrected chi connectivity index (χ3v) is 5.38. The van der Waals surface area contributed by atoms with E-state index in [1.54, 1.807) is 6.20 Å². The van der Waals surface area contributed by atoms with E-state index < -0.39 is 0 Å². The summed E-state index contributed by atoms with van der Waals surface area (Å²) < 4.78 is 0. The van der Waals surface area contributed by atoms with Crippen LogP contribution in [-0.4, -0.2) is 36.6 Å². The lowest BCUT2D eigenvalue weighted by Crippen LogP contribution is -2.38. The summed E-state index contributed by atoms with van der Waals surface area (Å²) in [6, 6.07) is 10.2. The molecule has 1 aliphatic heterocycles. The van der Waals surface area contributed by atoms with Crippen molar-refractivity contribution < 1.29 is 5.11 Å². The number of aliphatic hydroxyl groups excluding tert-OH is 1. The molecule has 0 radical (unpaired) electrons. The predicted molar refractivity (Wildman–Crippen MR) is 140 cm³/mol. The van der Waals surface area contributed by atoms with Crippen molar-refractivity contribution in [3.8, 4) is 0 Å². The molecule has 1 aliphatic rings. The highest BCUT2D eigenvalue weighted by Gasteiger charge is 2.18. The zero-order chi connectivity index (χ0) is 24.1. The van der Waals surface area contributed by atoms with Crippen LogP contribution < -0.4 is 21.7 Å². The van der Waals surface area contributed by atoms with E-state index in [0.717, 1.165) is 53.9 Å². The van der Waals surface area contributed by atoms with Gasteiger partial charge in [-0.3, -0.25) is 4.98 Å². The van der Waals surface area contributed by atoms with Gasteiger partial charge in [0.05, 0.1) is 6.67 Å². The molecule has 2 aromatic rings. The fourth-order valence-electron chi connectivity index (χ4n) is 3.63. The highest BCUT2D eigenvalue weighted by Crippen LogP contribution is 2.28. The summed E-state index contributed by atoms with van der Waals surface area (Å²) in [7, 11) is 1.00. The Labute approximate surface area is 198 Å². The van der Waals surface area contributed by atoms with Crippen LogP contribution in [0.25, 0.3) is 11.6 Å². The number of nitrogens with two attached hydrogens (primary N) is 1. The monoisotopic (exact) mass is 447 g/mol. The summed E-state index contributed by atoms with van der Waals surface area (Å²) in [6.45, 7) is 12.3. The Kier molecular flexibility index (Phi) is 11.1. The van der Waals surface area contributed by atoms with Crippen molar-refractivity contribution >= 4 is 17.3 Å². The second-order valence-electron chi connectivity index (χ2n) is 7.66. The number of aromatic nitrogens is 1. The number of anilines is 1. The van der Waals surface area contributed by atoms with Crippen LogP contribution >= 0.6 is 0 Å². The van der Waals surface area contributed by atoms with Gasteiger partial charge in [-0.15, -0.1) is 0 Å². The highest BCUT2D eigenvalue weighted by molar-refractivity contribution is 5.77. The van der Waals surface area contributed by atoms with Crippen molar-refractivity contribution in [2.75, 3.05) is 25.6 Å². The molecule has 6 heteroatoms. The molecule has 176 valence electrons. The Hall–Kier alpha value is -3.19. The number of nitrogens with zero attached hydrogens (tertiary/aromatic N) is 1. The van der Waals surface area contributed by atoms with Gasteiger partial charge < -0.3 is 26.8 Å². The molecule has 33 heavy (non-hydrogen) atoms. The molecule has 0 saturated heterocycles. The van der Waals surface area contributed by atoms with E-state index in [2.05, 4.69) is 65.3 Å². The number of unbranched alkanes of at least 4 members (excludes halogenated alkanes) is 1. The molecule has 6 nitrogen and oxygen atoms in total. The first-order chi connectivity index (χ1) is 16.1. The second-order valence-corrected chi connectivity index (χ2v) is 7.66. The number of benzene rings is 1. The lowest BCUT2D eigenvalue weighted by atomic mass is 9.91. The van der Waals surface area contributed by atoms with E-state index in [-0.39, 0.29) is 6.17 Å². The van der Waals surface area contributed by atoms with Crippen molar-refractivity contribution in [3.63, 3.8) is 0 Å². The number of rotatable bonds is 11. The Morgan fingerprint density at radius 2 is 2.09 bits per heavy atom. The molecule has 1 unspecified atom stereocenters. The molecule has 1 atom stereocenters. The zero-order valence-electron chi connectivity index (χ0n) is 19.8. The van der Waals surface area contributed by atoms with Crippen LogP contribution in [0.5, 0.6) is 0 Å². The van der Waals surface area contributed by atoms with Gasteiger partial charge >= 0.3 is 0 Å². The Morgan fingerprint density at radius 1 is 1.27 bits per heavy atom. The Morgan fingerprint density at radius 3 is 2.79 bits per heavy atom. The maximum atomic E-state index is 7.00. The summed E-state index contributed by atoms with van der Waals surface area (Å²) in [5, 5.41) is 17.1. The third kappa shape index (κ3) is 7.43. The van der Waals surface area contributed by atoms with Crippen molar-refractivity contribution in [2.45, 2.75) is 32.4 Å². The fraction of sp³-hybridized carbons (Fsp3) is 0.296. The van der Waals surface area contributed by atoms with Crippen LogP contribution in [0, 0.1) is 0 Å². The van der Waals surface area contributed by atoms with Crippen molar-refractivity contribution in [1.29, 1.82) is 0 Å². The van der Waals surface area contributed by atoms with Crippen LogP contribution in [0.15, 0.2) is 79.3 Å². The number of pyridine rings is 1. The molecule has 0 bridgehead atoms. The SMILES string of the molecule is C=Cc1c(CC(=C)C2=CC(c3cccnc3)=CNC2N)cccc1NCNCCCC.CO. The highest BCUT2D eigenvalue weighted by atomic mass is 16.2. The largest absolute Gasteiger partial charge is 0.400 e. The average molecular weight is 448 g/mol. The maximum absolute atomic E-state index is 7.00. The molecule has 0 aliphatic carbocycles. The molecule has 0 amide bonds. The topological polar surface area (TPSA) is 95.2 Å². The van der Waals surface area contributed by atoms with E-state index >= 15 is 0 Å². The number of aliphatic hydroxyl groups is 1. The second kappa shape index (κ2) is 14.1. The third-order valence-electron chi connectivity index (χ3n) is 5.38. The quantitative estimate of drug-likeness (QED) is 0.264. The summed E-state index contributed by atoms with van der Waals surface area (Å²) >= 11 is 0. The van der Waals surface area contributed by atoms with Gasteiger partial charge in [0, 0.05) is 42.5 Å². The number of hydrogen-bond acceptors (Lipinski definition) is 6. The van der Waals surface area contributed by atoms with Gasteiger partial charge in [0.15, 0.2) is 0 Å². The van der Waals surface area contributed by atoms with Crippen LogP contribution in [-0.2, 0) is 6.42 Å². The van der Waals surface area contributed by atoms with Gasteiger partial charge in [-0.2, -0.15) is 0 Å². The molecule has 6 N–H and O–H groups in total. The summed E-state index contributed by atoms with van der Waals surface area (Å²) in [5.41, 5.74) is 13.7. The lowest BCUT2D eigenvalue weighted by Gasteiger charge is -2.24. The number of allylic oxidation sites excluding steroid dienone is 2. The van der Waals surface area contributed by atoms with Crippen molar-refractivity contribution in [1.82, 2.24) is 15.6 Å². The summed E-state index contributed by atoms with van der Waals surface area (Å²) in [5.74, 6) is 0. The normalized spacial score (nSPS) is 14.7. The number of dihydropyridines is 1. The average Bonchev–Trinajstić information content (AvgIpc) is 2.86. The van der Waals surface area contributed by atoms with E-state index in [0.29, 0.717) is 6.42 Å². The first-order valence-corrected chi connectivity index (χ1v) is 11.3. The van der Waals surface area contributed by atoms with Gasteiger partial charge in [0.25, 0.3) is 0 Å². The Bertz CT molecular complexity index is 966. The van der Waals surface area contributed by atoms with Crippen LogP contribution in [0.2, 0.25) is 0 Å². The summed E-state index contributed by atoms with van der Waals surface area (Å²) in [4.78, 5) is 4.22. The maximum Gasteiger partial charge on any atom is 0.100 e. The minimum absolute atomic E-state index is 0.288. The first-order valence-electron chi connectivity index (χ1n) is 11.3. The molecule has 0 spiro atoms. The molecule has 0 saturated carbocycles. The van der Waals surface area contributed by atoms with Gasteiger partial charge in [-0.1, -0.05) is 50.8 Å². The summed E-state index contributed by atoms with van der Waals surface area (Å²) in [6.07, 6.45) is 12.3. The van der Waals surface area contributed by atoms with Gasteiger partial charge in [0.1, 0.15) is 6.17 Å². The number of nitrogens with one attached hydrogen (secondary N) is 3. The van der Waals surface area contributed by atoms with E-state index in [4.69, 9.17) is 10.8 Å². The molecular weight excluding hydrogens is 410 g/mol. The molecular formula is C27H37N5O. The fourth-order valence-corrected chi connectivity index (χ4v) is 3.63. The zero-order valence-corrected chi connectivity index (χ0v) is 19.8. The molecule has 2 heterocycles. The van der Waals surface area contributed by atoms with Crippen LogP contribution in [0.4, 0.5) is 5.69 Å². The smallest absolute Gasteiger partial charge is 0.100 e. The van der Waals surface area contributed by atoms with Crippen molar-refractivity contribution in [2.24, 2.45) is 5.73 Å². The first kappa shape index (κ1) is 26.1. The molecule has 1 aromatic carbocycles. The van der Waals surface area contributed by atoms with Crippen LogP contribution in [0.1, 0.15) is 36.5 Å². The van der Waals surface area contributed by atoms with E-state index in [1.807, 2.05) is 30.6 Å². The van der Waals surface area contributed by atoms with Gasteiger partial charge in [0.2, 0.25) is 0 Å². The standard InChI is InChI=1S/C26H33N5.CH4O/c1-4-6-12-29-18-31-25-11-7-9-20(23(25)5-2)14-19(3)24-15-22(17-30-26(24)27)21-10-8-13-28-16-21;1-2/h5,7-11,13,15-17,26,29-31H,2-4,6,12,14,18,27H2,1H3;2H,1H3. The molecule has 0 fully saturated rings. The Balaban J connectivity index is 0.00000187.